The molecule has 2 aliphatic rings. The first-order valence-electron chi connectivity index (χ1n) is 5.88. The van der Waals surface area contributed by atoms with Crippen LogP contribution < -0.4 is 4.90 Å². The third kappa shape index (κ3) is 1.22. The zero-order chi connectivity index (χ0) is 11.1. The van der Waals surface area contributed by atoms with Crippen molar-refractivity contribution in [3.63, 3.8) is 0 Å². The molecule has 0 unspecified atom stereocenters. The van der Waals surface area contributed by atoms with Crippen molar-refractivity contribution in [1.29, 1.82) is 0 Å². The van der Waals surface area contributed by atoms with Gasteiger partial charge in [-0.1, -0.05) is 23.8 Å². The van der Waals surface area contributed by atoms with E-state index >= 15 is 0 Å². The van der Waals surface area contributed by atoms with E-state index < -0.39 is 0 Å². The molecular formula is C14H15NO. The summed E-state index contributed by atoms with van der Waals surface area (Å²) in [4.78, 5) is 14.0. The number of carbonyl (C=O) groups is 1. The van der Waals surface area contributed by atoms with Crippen molar-refractivity contribution in [1.82, 2.24) is 0 Å². The van der Waals surface area contributed by atoms with Crippen LogP contribution in [0.4, 0.5) is 5.69 Å². The van der Waals surface area contributed by atoms with E-state index in [-0.39, 0.29) is 5.91 Å². The van der Waals surface area contributed by atoms with Crippen LogP contribution in [0.25, 0.3) is 5.57 Å². The van der Waals surface area contributed by atoms with E-state index in [1.807, 2.05) is 25.2 Å². The second kappa shape index (κ2) is 3.48. The van der Waals surface area contributed by atoms with Crippen LogP contribution in [0, 0.1) is 0 Å². The lowest BCUT2D eigenvalue weighted by atomic mass is 10.0. The summed E-state index contributed by atoms with van der Waals surface area (Å²) in [6.45, 7) is 0. The molecule has 1 aliphatic heterocycles. The topological polar surface area (TPSA) is 20.3 Å². The molecule has 1 heterocycles. The van der Waals surface area contributed by atoms with Crippen LogP contribution in [0.3, 0.4) is 0 Å². The minimum absolute atomic E-state index is 0.179. The number of amides is 1. The van der Waals surface area contributed by atoms with Gasteiger partial charge in [-0.05, 0) is 31.7 Å². The average Bonchev–Trinajstić information content (AvgIpc) is 2.89. The summed E-state index contributed by atoms with van der Waals surface area (Å²) in [6.07, 6.45) is 4.67. The Balaban J connectivity index is 2.21. The van der Waals surface area contributed by atoms with Gasteiger partial charge in [0.1, 0.15) is 0 Å². The Morgan fingerprint density at radius 2 is 1.81 bits per heavy atom. The maximum Gasteiger partial charge on any atom is 0.258 e. The highest BCUT2D eigenvalue weighted by molar-refractivity contribution is 6.33. The van der Waals surface area contributed by atoms with Crippen LogP contribution in [0.15, 0.2) is 29.8 Å². The number of para-hydroxylation sites is 1. The predicted octanol–water partition coefficient (Wildman–Crippen LogP) is 2.99. The van der Waals surface area contributed by atoms with Crippen LogP contribution in [0.5, 0.6) is 0 Å². The van der Waals surface area contributed by atoms with Crippen LogP contribution in [0.1, 0.15) is 31.2 Å². The second-order valence-electron chi connectivity index (χ2n) is 4.57. The summed E-state index contributed by atoms with van der Waals surface area (Å²) in [5.74, 6) is 0.179. The Labute approximate surface area is 95.6 Å². The van der Waals surface area contributed by atoms with Crippen LogP contribution in [-0.4, -0.2) is 13.0 Å². The van der Waals surface area contributed by atoms with Gasteiger partial charge < -0.3 is 4.90 Å². The molecule has 1 aromatic carbocycles. The molecule has 0 atom stereocenters. The number of likely N-dealkylation sites (N-methyl/N-ethyl adjacent to an activating group) is 1. The molecule has 0 spiro atoms. The Kier molecular flexibility index (Phi) is 2.10. The lowest BCUT2D eigenvalue weighted by Crippen LogP contribution is -2.20. The largest absolute Gasteiger partial charge is 0.311 e. The minimum Gasteiger partial charge on any atom is -0.311 e. The normalized spacial score (nSPS) is 19.6. The molecule has 0 radical (unpaired) electrons. The van der Waals surface area contributed by atoms with Crippen LogP contribution in [0.2, 0.25) is 0 Å². The van der Waals surface area contributed by atoms with E-state index in [9.17, 15) is 4.79 Å². The van der Waals surface area contributed by atoms with Gasteiger partial charge in [0, 0.05) is 18.2 Å². The maximum atomic E-state index is 12.2. The fraction of sp³-hybridized carbons (Fsp3) is 0.357. The Morgan fingerprint density at radius 3 is 2.56 bits per heavy atom. The van der Waals surface area contributed by atoms with Gasteiger partial charge in [0.15, 0.2) is 0 Å². The zero-order valence-corrected chi connectivity index (χ0v) is 9.49. The number of hydrogen-bond acceptors (Lipinski definition) is 1. The third-order valence-electron chi connectivity index (χ3n) is 3.61. The highest BCUT2D eigenvalue weighted by Gasteiger charge is 2.32. The minimum atomic E-state index is 0.179. The second-order valence-corrected chi connectivity index (χ2v) is 4.57. The fourth-order valence-electron chi connectivity index (χ4n) is 2.76. The molecule has 1 aliphatic carbocycles. The molecule has 2 nitrogen and oxygen atoms in total. The fourth-order valence-corrected chi connectivity index (χ4v) is 2.76. The van der Waals surface area contributed by atoms with Crippen LogP contribution >= 0.6 is 0 Å². The van der Waals surface area contributed by atoms with Gasteiger partial charge >= 0.3 is 0 Å². The van der Waals surface area contributed by atoms with Crippen molar-refractivity contribution in [3.8, 4) is 0 Å². The molecule has 1 aromatic rings. The molecule has 0 bridgehead atoms. The van der Waals surface area contributed by atoms with Gasteiger partial charge in [0.2, 0.25) is 0 Å². The lowest BCUT2D eigenvalue weighted by Gasteiger charge is -2.08. The first-order chi connectivity index (χ1) is 7.79. The molecule has 1 saturated carbocycles. The van der Waals surface area contributed by atoms with Gasteiger partial charge in [-0.25, -0.2) is 0 Å². The number of nitrogens with zero attached hydrogens (tertiary/aromatic N) is 1. The number of fused-ring (bicyclic) bond motifs is 1. The van der Waals surface area contributed by atoms with Crippen molar-refractivity contribution >= 4 is 17.2 Å². The molecular weight excluding hydrogens is 198 g/mol. The molecule has 1 fully saturated rings. The van der Waals surface area contributed by atoms with E-state index in [1.54, 1.807) is 4.90 Å². The number of allylic oxidation sites excluding steroid dienone is 1. The lowest BCUT2D eigenvalue weighted by molar-refractivity contribution is -0.112. The van der Waals surface area contributed by atoms with E-state index in [0.717, 1.165) is 29.7 Å². The number of anilines is 1. The molecule has 16 heavy (non-hydrogen) atoms. The first-order valence-corrected chi connectivity index (χ1v) is 5.88. The van der Waals surface area contributed by atoms with Gasteiger partial charge in [-0.2, -0.15) is 0 Å². The number of rotatable bonds is 0. The summed E-state index contributed by atoms with van der Waals surface area (Å²) in [6, 6.07) is 8.10. The van der Waals surface area contributed by atoms with Gasteiger partial charge in [-0.3, -0.25) is 4.79 Å². The SMILES string of the molecule is CN1C(=O)C(=C2CCCC2)c2ccccc21. The van der Waals surface area contributed by atoms with Gasteiger partial charge in [0.25, 0.3) is 5.91 Å². The maximum absolute atomic E-state index is 12.2. The number of benzene rings is 1. The standard InChI is InChI=1S/C14H15NO/c1-15-12-9-5-4-8-11(12)13(14(15)16)10-6-2-3-7-10/h4-5,8-9H,2-3,6-7H2,1H3. The van der Waals surface area contributed by atoms with E-state index in [0.29, 0.717) is 0 Å². The molecule has 0 N–H and O–H groups in total. The van der Waals surface area contributed by atoms with Crippen LogP contribution in [-0.2, 0) is 4.79 Å². The Hall–Kier alpha value is -1.57. The first kappa shape index (κ1) is 9.64. The van der Waals surface area contributed by atoms with Gasteiger partial charge in [0.05, 0.1) is 5.69 Å². The smallest absolute Gasteiger partial charge is 0.258 e. The molecule has 0 saturated heterocycles. The quantitative estimate of drug-likeness (QED) is 0.607. The van der Waals surface area contributed by atoms with E-state index in [2.05, 4.69) is 6.07 Å². The number of hydrogen-bond donors (Lipinski definition) is 0. The van der Waals surface area contributed by atoms with E-state index in [4.69, 9.17) is 0 Å². The number of carbonyl (C=O) groups excluding carboxylic acids is 1. The van der Waals surface area contributed by atoms with Crippen molar-refractivity contribution in [2.45, 2.75) is 25.7 Å². The zero-order valence-electron chi connectivity index (χ0n) is 9.49. The summed E-state index contributed by atoms with van der Waals surface area (Å²) in [5.41, 5.74) is 4.53. The molecule has 1 amide bonds. The average molecular weight is 213 g/mol. The Bertz CT molecular complexity index is 479. The van der Waals surface area contributed by atoms with Crippen molar-refractivity contribution in [2.24, 2.45) is 0 Å². The van der Waals surface area contributed by atoms with Crippen molar-refractivity contribution < 1.29 is 4.79 Å². The highest BCUT2D eigenvalue weighted by atomic mass is 16.2. The molecule has 82 valence electrons. The van der Waals surface area contributed by atoms with Crippen molar-refractivity contribution in [3.05, 3.63) is 35.4 Å². The Morgan fingerprint density at radius 1 is 1.12 bits per heavy atom. The van der Waals surface area contributed by atoms with Gasteiger partial charge in [-0.15, -0.1) is 0 Å². The summed E-state index contributed by atoms with van der Waals surface area (Å²) in [7, 11) is 1.86. The molecule has 3 rings (SSSR count). The third-order valence-corrected chi connectivity index (χ3v) is 3.61. The summed E-state index contributed by atoms with van der Waals surface area (Å²) in [5, 5.41) is 0. The van der Waals surface area contributed by atoms with E-state index in [1.165, 1.54) is 18.4 Å². The monoisotopic (exact) mass is 213 g/mol. The highest BCUT2D eigenvalue weighted by Crippen LogP contribution is 2.41. The summed E-state index contributed by atoms with van der Waals surface area (Å²) >= 11 is 0. The van der Waals surface area contributed by atoms with Crippen molar-refractivity contribution in [2.75, 3.05) is 11.9 Å². The molecule has 2 heteroatoms. The summed E-state index contributed by atoms with van der Waals surface area (Å²) < 4.78 is 0. The molecule has 0 aromatic heterocycles. The predicted molar refractivity (Wildman–Crippen MR) is 65.2 cm³/mol.